The van der Waals surface area contributed by atoms with Crippen molar-refractivity contribution in [3.63, 3.8) is 0 Å². The van der Waals surface area contributed by atoms with Crippen molar-refractivity contribution in [1.82, 2.24) is 9.55 Å². The van der Waals surface area contributed by atoms with Gasteiger partial charge in [-0.05, 0) is 55.4 Å². The summed E-state index contributed by atoms with van der Waals surface area (Å²) < 4.78 is 1.60. The van der Waals surface area contributed by atoms with E-state index in [1.807, 2.05) is 50.2 Å². The monoisotopic (exact) mass is 467 g/mol. The predicted molar refractivity (Wildman–Crippen MR) is 124 cm³/mol. The van der Waals surface area contributed by atoms with Gasteiger partial charge in [-0.3, -0.25) is 19.1 Å². The third-order valence-electron chi connectivity index (χ3n) is 3.76. The van der Waals surface area contributed by atoms with Crippen molar-refractivity contribution >= 4 is 41.3 Å². The van der Waals surface area contributed by atoms with Crippen LogP contribution in [-0.4, -0.2) is 20.6 Å². The van der Waals surface area contributed by atoms with Gasteiger partial charge in [-0.1, -0.05) is 54.4 Å². The fourth-order valence-corrected chi connectivity index (χ4v) is 2.80. The molecule has 0 radical (unpaired) electrons. The number of rotatable bonds is 2. The van der Waals surface area contributed by atoms with E-state index in [2.05, 4.69) is 10.7 Å². The molecule has 160 valence electrons. The van der Waals surface area contributed by atoms with Crippen molar-refractivity contribution in [1.29, 1.82) is 0 Å². The summed E-state index contributed by atoms with van der Waals surface area (Å²) in [6, 6.07) is 14.0. The minimum Gasteiger partial charge on any atom is -0.494 e. The first kappa shape index (κ1) is 25.4. The lowest BCUT2D eigenvalue weighted by Crippen LogP contribution is -2.11. The van der Waals surface area contributed by atoms with Gasteiger partial charge < -0.3 is 10.8 Å². The molecule has 3 aromatic rings. The normalized spacial score (nSPS) is 9.63. The summed E-state index contributed by atoms with van der Waals surface area (Å²) >= 11 is 16.4. The van der Waals surface area contributed by atoms with Gasteiger partial charge in [0.05, 0.1) is 11.8 Å². The van der Waals surface area contributed by atoms with E-state index in [-0.39, 0.29) is 16.6 Å². The lowest BCUT2D eigenvalue weighted by molar-refractivity contribution is -0.117. The highest BCUT2D eigenvalue weighted by molar-refractivity contribution is 7.71. The molecule has 1 amide bonds. The van der Waals surface area contributed by atoms with Gasteiger partial charge in [0.15, 0.2) is 4.77 Å². The smallest absolute Gasteiger partial charge is 0.255 e. The second kappa shape index (κ2) is 12.2. The fraction of sp³-hybridized carbons (Fsp3) is 0.190. The molecule has 0 atom stereocenters. The van der Waals surface area contributed by atoms with E-state index in [0.29, 0.717) is 11.4 Å². The number of aromatic amines is 1. The van der Waals surface area contributed by atoms with Crippen LogP contribution in [0.1, 0.15) is 24.5 Å². The quantitative estimate of drug-likeness (QED) is 0.456. The number of nitrogens with one attached hydrogen (secondary N) is 1. The minimum atomic E-state index is -0.410. The number of nitrogens with zero attached hydrogens (tertiary/aromatic N) is 1. The number of hydrogen-bond acceptors (Lipinski definition) is 4. The van der Waals surface area contributed by atoms with Gasteiger partial charge in [-0.15, -0.1) is 0 Å². The molecule has 0 unspecified atom stereocenters. The van der Waals surface area contributed by atoms with E-state index < -0.39 is 5.56 Å². The second-order valence-corrected chi connectivity index (χ2v) is 7.36. The molecule has 1 heterocycles. The molecule has 0 aliphatic heterocycles. The first-order chi connectivity index (χ1) is 14.1. The summed E-state index contributed by atoms with van der Waals surface area (Å²) in [4.78, 5) is 23.1. The minimum absolute atomic E-state index is 0.164. The van der Waals surface area contributed by atoms with Crippen molar-refractivity contribution in [3.05, 3.63) is 84.8 Å². The van der Waals surface area contributed by atoms with E-state index in [1.54, 1.807) is 13.0 Å². The molecular weight excluding hydrogens is 445 g/mol. The highest BCUT2D eigenvalue weighted by Gasteiger charge is 2.06. The SMILES string of the molecule is CCC(N)=O.Cc1ccc(Cl)cc1Cl.Cc1ccccc1-n1c(O)cc(=O)[nH]c1=S. The number of para-hydroxylation sites is 1. The highest BCUT2D eigenvalue weighted by Crippen LogP contribution is 2.19. The number of aryl methyl sites for hydroxylation is 2. The molecule has 0 bridgehead atoms. The molecule has 0 spiro atoms. The molecule has 0 aliphatic carbocycles. The Labute approximate surface area is 189 Å². The molecule has 1 aromatic heterocycles. The van der Waals surface area contributed by atoms with E-state index in [1.165, 1.54) is 4.57 Å². The molecule has 6 nitrogen and oxygen atoms in total. The Kier molecular flexibility index (Phi) is 10.3. The highest BCUT2D eigenvalue weighted by atomic mass is 35.5. The first-order valence-electron chi connectivity index (χ1n) is 8.88. The molecule has 30 heavy (non-hydrogen) atoms. The number of halogens is 2. The van der Waals surface area contributed by atoms with Gasteiger partial charge in [-0.2, -0.15) is 0 Å². The number of carbonyl (C=O) groups excluding carboxylic acids is 1. The van der Waals surface area contributed by atoms with Gasteiger partial charge in [0.25, 0.3) is 5.56 Å². The topological polar surface area (TPSA) is 101 Å². The van der Waals surface area contributed by atoms with Crippen molar-refractivity contribution in [2.24, 2.45) is 5.73 Å². The summed E-state index contributed by atoms with van der Waals surface area (Å²) in [6.45, 7) is 5.57. The molecule has 3 rings (SSSR count). The number of aromatic nitrogens is 2. The van der Waals surface area contributed by atoms with Crippen LogP contribution in [-0.2, 0) is 4.79 Å². The van der Waals surface area contributed by atoms with Gasteiger partial charge in [0.1, 0.15) is 0 Å². The molecule has 4 N–H and O–H groups in total. The zero-order valence-electron chi connectivity index (χ0n) is 16.8. The van der Waals surface area contributed by atoms with E-state index in [0.717, 1.165) is 27.9 Å². The van der Waals surface area contributed by atoms with Crippen LogP contribution >= 0.6 is 35.4 Å². The van der Waals surface area contributed by atoms with Crippen molar-refractivity contribution in [2.75, 3.05) is 0 Å². The van der Waals surface area contributed by atoms with Crippen LogP contribution in [0.5, 0.6) is 5.88 Å². The van der Waals surface area contributed by atoms with Crippen molar-refractivity contribution in [3.8, 4) is 11.6 Å². The fourth-order valence-electron chi connectivity index (χ4n) is 2.10. The Hall–Kier alpha value is -2.61. The molecule has 0 aliphatic rings. The van der Waals surface area contributed by atoms with Crippen LogP contribution in [0.15, 0.2) is 53.3 Å². The third-order valence-corrected chi connectivity index (χ3v) is 4.69. The summed E-state index contributed by atoms with van der Waals surface area (Å²) in [5.74, 6) is -0.409. The standard InChI is InChI=1S/C11H10N2O2S.C7H6Cl2.C3H7NO/c1-7-4-2-3-5-8(7)13-10(15)6-9(14)12-11(13)16;1-5-2-3-6(8)4-7(5)9;1-2-3(4)5/h2-6,15H,1H3,(H,12,14,16);2-4H,1H3;2H2,1H3,(H2,4,5). The first-order valence-corrected chi connectivity index (χ1v) is 10.0. The number of carbonyl (C=O) groups is 1. The number of benzene rings is 2. The second-order valence-electron chi connectivity index (χ2n) is 6.13. The third kappa shape index (κ3) is 8.02. The van der Waals surface area contributed by atoms with Gasteiger partial charge in [-0.25, -0.2) is 0 Å². The Morgan fingerprint density at radius 1 is 1.13 bits per heavy atom. The van der Waals surface area contributed by atoms with Crippen LogP contribution in [0, 0.1) is 18.6 Å². The molecule has 0 fully saturated rings. The number of nitrogens with two attached hydrogens (primary N) is 1. The molecule has 2 aromatic carbocycles. The largest absolute Gasteiger partial charge is 0.494 e. The van der Waals surface area contributed by atoms with Gasteiger partial charge >= 0.3 is 0 Å². The lowest BCUT2D eigenvalue weighted by Gasteiger charge is -2.11. The maximum atomic E-state index is 11.1. The Bertz CT molecular complexity index is 1130. The predicted octanol–water partition coefficient (Wildman–Crippen LogP) is 5.09. The number of H-pyrrole nitrogens is 1. The van der Waals surface area contributed by atoms with Gasteiger partial charge in [0.2, 0.25) is 11.8 Å². The lowest BCUT2D eigenvalue weighted by atomic mass is 10.2. The van der Waals surface area contributed by atoms with Crippen LogP contribution < -0.4 is 11.3 Å². The average Bonchev–Trinajstić information content (AvgIpc) is 2.67. The van der Waals surface area contributed by atoms with Crippen LogP contribution in [0.25, 0.3) is 5.69 Å². The number of hydrogen-bond donors (Lipinski definition) is 3. The number of aromatic hydroxyl groups is 1. The van der Waals surface area contributed by atoms with Crippen LogP contribution in [0.3, 0.4) is 0 Å². The molecule has 0 saturated heterocycles. The summed E-state index contributed by atoms with van der Waals surface area (Å²) in [6.07, 6.45) is 0.444. The Balaban J connectivity index is 0.000000270. The molecular formula is C21H23Cl2N3O3S. The van der Waals surface area contributed by atoms with Crippen LogP contribution in [0.2, 0.25) is 10.0 Å². The van der Waals surface area contributed by atoms with Crippen molar-refractivity contribution < 1.29 is 9.90 Å². The summed E-state index contributed by atoms with van der Waals surface area (Å²) in [5, 5.41) is 11.1. The van der Waals surface area contributed by atoms with Crippen molar-refractivity contribution in [2.45, 2.75) is 27.2 Å². The van der Waals surface area contributed by atoms with E-state index in [9.17, 15) is 14.7 Å². The Morgan fingerprint density at radius 2 is 1.73 bits per heavy atom. The average molecular weight is 468 g/mol. The maximum Gasteiger partial charge on any atom is 0.255 e. The molecule has 9 heteroatoms. The molecule has 0 saturated carbocycles. The van der Waals surface area contributed by atoms with E-state index in [4.69, 9.17) is 35.4 Å². The summed E-state index contributed by atoms with van der Waals surface area (Å²) in [5.41, 5.74) is 7.01. The zero-order chi connectivity index (χ0) is 22.8. The Morgan fingerprint density at radius 3 is 2.20 bits per heavy atom. The van der Waals surface area contributed by atoms with Gasteiger partial charge in [0, 0.05) is 16.5 Å². The number of amides is 1. The number of primary amides is 1. The summed E-state index contributed by atoms with van der Waals surface area (Å²) in [7, 11) is 0. The maximum absolute atomic E-state index is 11.1. The van der Waals surface area contributed by atoms with E-state index >= 15 is 0 Å². The van der Waals surface area contributed by atoms with Crippen LogP contribution in [0.4, 0.5) is 0 Å². The zero-order valence-corrected chi connectivity index (χ0v) is 19.1.